The molecule has 0 bridgehead atoms. The second-order valence-electron chi connectivity index (χ2n) is 3.50. The average molecular weight is 272 g/mol. The highest BCUT2D eigenvalue weighted by Gasteiger charge is 2.27. The van der Waals surface area contributed by atoms with Crippen molar-refractivity contribution in [2.45, 2.75) is 19.8 Å². The third-order valence-electron chi connectivity index (χ3n) is 2.50. The Morgan fingerprint density at radius 1 is 1.29 bits per heavy atom. The molecular formula is C10H13Cl3S. The molecule has 0 saturated carbocycles. The van der Waals surface area contributed by atoms with E-state index in [-0.39, 0.29) is 5.41 Å². The van der Waals surface area contributed by atoms with Gasteiger partial charge in [0, 0.05) is 22.1 Å². The van der Waals surface area contributed by atoms with E-state index >= 15 is 0 Å². The van der Waals surface area contributed by atoms with Crippen molar-refractivity contribution in [2.75, 3.05) is 11.8 Å². The highest BCUT2D eigenvalue weighted by atomic mass is 35.5. The van der Waals surface area contributed by atoms with Crippen molar-refractivity contribution in [3.05, 3.63) is 21.3 Å². The topological polar surface area (TPSA) is 0 Å². The summed E-state index contributed by atoms with van der Waals surface area (Å²) >= 11 is 19.4. The lowest BCUT2D eigenvalue weighted by atomic mass is 9.85. The Balaban J connectivity index is 2.73. The van der Waals surface area contributed by atoms with Crippen LogP contribution in [0.1, 0.15) is 18.2 Å². The second-order valence-corrected chi connectivity index (χ2v) is 5.84. The molecule has 0 amide bonds. The molecule has 0 aromatic carbocycles. The highest BCUT2D eigenvalue weighted by molar-refractivity contribution is 7.16. The number of alkyl halides is 2. The summed E-state index contributed by atoms with van der Waals surface area (Å²) in [6, 6.07) is 3.97. The van der Waals surface area contributed by atoms with Crippen LogP contribution >= 0.6 is 46.1 Å². The molecule has 14 heavy (non-hydrogen) atoms. The van der Waals surface area contributed by atoms with Gasteiger partial charge >= 0.3 is 0 Å². The van der Waals surface area contributed by atoms with E-state index in [2.05, 4.69) is 13.0 Å². The van der Waals surface area contributed by atoms with Crippen molar-refractivity contribution in [1.29, 1.82) is 0 Å². The van der Waals surface area contributed by atoms with Crippen LogP contribution in [-0.4, -0.2) is 11.8 Å². The number of thiophene rings is 1. The van der Waals surface area contributed by atoms with Gasteiger partial charge in [-0.2, -0.15) is 0 Å². The molecule has 80 valence electrons. The Bertz CT molecular complexity index is 270. The Hall–Kier alpha value is 0.570. The molecule has 0 aliphatic carbocycles. The van der Waals surface area contributed by atoms with Gasteiger partial charge in [-0.15, -0.1) is 34.5 Å². The van der Waals surface area contributed by atoms with E-state index in [9.17, 15) is 0 Å². The minimum atomic E-state index is 0.0251. The Labute approximate surface area is 104 Å². The predicted molar refractivity (Wildman–Crippen MR) is 67.2 cm³/mol. The monoisotopic (exact) mass is 270 g/mol. The van der Waals surface area contributed by atoms with Gasteiger partial charge in [-0.05, 0) is 25.0 Å². The largest absolute Gasteiger partial charge is 0.128 e. The van der Waals surface area contributed by atoms with E-state index in [0.29, 0.717) is 11.8 Å². The summed E-state index contributed by atoms with van der Waals surface area (Å²) in [6.07, 6.45) is 1.92. The van der Waals surface area contributed by atoms with Gasteiger partial charge in [-0.1, -0.05) is 18.5 Å². The SMILES string of the molecule is CCC(CCl)(CCl)Cc1ccc(Cl)s1. The summed E-state index contributed by atoms with van der Waals surface area (Å²) in [6.45, 7) is 2.12. The zero-order valence-corrected chi connectivity index (χ0v) is 11.1. The standard InChI is InChI=1S/C10H13Cl3S/c1-2-10(6-11,7-12)5-8-3-4-9(13)14-8/h3-4H,2,5-7H2,1H3. The van der Waals surface area contributed by atoms with Crippen molar-refractivity contribution in [2.24, 2.45) is 5.41 Å². The average Bonchev–Trinajstić information content (AvgIpc) is 2.61. The summed E-state index contributed by atoms with van der Waals surface area (Å²) in [5.74, 6) is 1.20. The molecular weight excluding hydrogens is 259 g/mol. The van der Waals surface area contributed by atoms with Gasteiger partial charge in [-0.25, -0.2) is 0 Å². The molecule has 0 nitrogen and oxygen atoms in total. The van der Waals surface area contributed by atoms with E-state index in [1.165, 1.54) is 4.88 Å². The maximum atomic E-state index is 5.97. The van der Waals surface area contributed by atoms with Crippen LogP contribution in [0.25, 0.3) is 0 Å². The molecule has 1 rings (SSSR count). The van der Waals surface area contributed by atoms with Crippen molar-refractivity contribution in [3.63, 3.8) is 0 Å². The number of rotatable bonds is 5. The van der Waals surface area contributed by atoms with Crippen LogP contribution in [0.2, 0.25) is 4.34 Å². The molecule has 0 N–H and O–H groups in total. The molecule has 0 unspecified atom stereocenters. The van der Waals surface area contributed by atoms with Crippen LogP contribution in [0.5, 0.6) is 0 Å². The van der Waals surface area contributed by atoms with E-state index in [4.69, 9.17) is 34.8 Å². The lowest BCUT2D eigenvalue weighted by Gasteiger charge is -2.27. The summed E-state index contributed by atoms with van der Waals surface area (Å²) in [5, 5.41) is 0. The molecule has 0 atom stereocenters. The lowest BCUT2D eigenvalue weighted by Crippen LogP contribution is -2.26. The first-order valence-corrected chi connectivity index (χ1v) is 6.78. The molecule has 0 aliphatic rings. The summed E-state index contributed by atoms with van der Waals surface area (Å²) < 4.78 is 0.828. The fourth-order valence-electron chi connectivity index (χ4n) is 1.26. The molecule has 0 fully saturated rings. The van der Waals surface area contributed by atoms with Crippen molar-refractivity contribution >= 4 is 46.1 Å². The van der Waals surface area contributed by atoms with Crippen LogP contribution in [0.3, 0.4) is 0 Å². The molecule has 1 heterocycles. The van der Waals surface area contributed by atoms with Gasteiger partial charge in [0.1, 0.15) is 0 Å². The zero-order valence-electron chi connectivity index (χ0n) is 8.03. The van der Waals surface area contributed by atoms with Gasteiger partial charge < -0.3 is 0 Å². The lowest BCUT2D eigenvalue weighted by molar-refractivity contribution is 0.365. The molecule has 0 spiro atoms. The van der Waals surface area contributed by atoms with Crippen molar-refractivity contribution < 1.29 is 0 Å². The van der Waals surface area contributed by atoms with E-state index in [1.807, 2.05) is 6.07 Å². The van der Waals surface area contributed by atoms with Crippen LogP contribution in [0.15, 0.2) is 12.1 Å². The highest BCUT2D eigenvalue weighted by Crippen LogP contribution is 2.33. The van der Waals surface area contributed by atoms with Crippen LogP contribution in [0, 0.1) is 5.41 Å². The first-order chi connectivity index (χ1) is 6.65. The van der Waals surface area contributed by atoms with Crippen LogP contribution in [0.4, 0.5) is 0 Å². The summed E-state index contributed by atoms with van der Waals surface area (Å²) in [7, 11) is 0. The first kappa shape index (κ1) is 12.6. The Morgan fingerprint density at radius 2 is 1.93 bits per heavy atom. The number of hydrogen-bond donors (Lipinski definition) is 0. The summed E-state index contributed by atoms with van der Waals surface area (Å²) in [4.78, 5) is 1.26. The molecule has 0 radical (unpaired) electrons. The van der Waals surface area contributed by atoms with Gasteiger partial charge in [0.2, 0.25) is 0 Å². The van der Waals surface area contributed by atoms with Crippen molar-refractivity contribution in [1.82, 2.24) is 0 Å². The van der Waals surface area contributed by atoms with Gasteiger partial charge in [0.15, 0.2) is 0 Å². The minimum absolute atomic E-state index is 0.0251. The van der Waals surface area contributed by atoms with Gasteiger partial charge in [-0.3, -0.25) is 0 Å². The summed E-state index contributed by atoms with van der Waals surface area (Å²) in [5.41, 5.74) is 0.0251. The minimum Gasteiger partial charge on any atom is -0.128 e. The number of halogens is 3. The zero-order chi connectivity index (χ0) is 10.6. The normalized spacial score (nSPS) is 12.0. The smallest absolute Gasteiger partial charge is 0.0931 e. The Kier molecular flexibility index (Phi) is 5.05. The third-order valence-corrected chi connectivity index (χ3v) is 4.86. The van der Waals surface area contributed by atoms with E-state index in [0.717, 1.165) is 17.2 Å². The Morgan fingerprint density at radius 3 is 2.29 bits per heavy atom. The molecule has 1 aromatic rings. The molecule has 0 aliphatic heterocycles. The van der Waals surface area contributed by atoms with E-state index < -0.39 is 0 Å². The van der Waals surface area contributed by atoms with Crippen LogP contribution in [-0.2, 0) is 6.42 Å². The second kappa shape index (κ2) is 5.60. The quantitative estimate of drug-likeness (QED) is 0.674. The fraction of sp³-hybridized carbons (Fsp3) is 0.600. The van der Waals surface area contributed by atoms with Gasteiger partial charge in [0.25, 0.3) is 0 Å². The molecule has 0 saturated heterocycles. The first-order valence-electron chi connectivity index (χ1n) is 4.52. The maximum Gasteiger partial charge on any atom is 0.0931 e. The molecule has 1 aromatic heterocycles. The fourth-order valence-corrected chi connectivity index (χ4v) is 3.37. The van der Waals surface area contributed by atoms with Crippen LogP contribution < -0.4 is 0 Å². The number of hydrogen-bond acceptors (Lipinski definition) is 1. The van der Waals surface area contributed by atoms with Crippen molar-refractivity contribution in [3.8, 4) is 0 Å². The predicted octanol–water partition coefficient (Wildman–Crippen LogP) is 4.82. The maximum absolute atomic E-state index is 5.97. The molecule has 4 heteroatoms. The third kappa shape index (κ3) is 3.03. The van der Waals surface area contributed by atoms with Gasteiger partial charge in [0.05, 0.1) is 4.34 Å². The van der Waals surface area contributed by atoms with E-state index in [1.54, 1.807) is 11.3 Å².